The smallest absolute Gasteiger partial charge is 0.264 e. The van der Waals surface area contributed by atoms with Crippen LogP contribution in [0.3, 0.4) is 0 Å². The zero-order valence-corrected chi connectivity index (χ0v) is 14.9. The Bertz CT molecular complexity index is 878. The molecule has 0 aromatic heterocycles. The lowest BCUT2D eigenvalue weighted by atomic mass is 10.2. The van der Waals surface area contributed by atoms with Crippen LogP contribution >= 0.6 is 0 Å². The van der Waals surface area contributed by atoms with Gasteiger partial charge in [0.1, 0.15) is 5.75 Å². The number of carbonyl (C=O) groups excluding carboxylic acids is 1. The highest BCUT2D eigenvalue weighted by atomic mass is 32.2. The molecule has 25 heavy (non-hydrogen) atoms. The van der Waals surface area contributed by atoms with Gasteiger partial charge in [-0.3, -0.25) is 9.10 Å². The molecule has 0 aliphatic carbocycles. The number of anilines is 1. The van der Waals surface area contributed by atoms with Crippen molar-refractivity contribution in [1.82, 2.24) is 5.32 Å². The van der Waals surface area contributed by atoms with E-state index in [0.717, 1.165) is 11.3 Å². The van der Waals surface area contributed by atoms with Crippen LogP contribution in [-0.4, -0.2) is 34.0 Å². The van der Waals surface area contributed by atoms with Gasteiger partial charge in [0.15, 0.2) is 6.10 Å². The summed E-state index contributed by atoms with van der Waals surface area (Å²) >= 11 is 0. The van der Waals surface area contributed by atoms with Crippen LogP contribution in [0.5, 0.6) is 5.75 Å². The standard InChI is InChI=1S/C18H20N2O4S/c1-13(18(21)19-2)24-15-7-9-16(10-8-15)25(22,23)20-12-11-14-5-3-4-6-17(14)20/h3-10,13H,11-12H2,1-2H3,(H,19,21)/t13-/m0/s1. The number of likely N-dealkylation sites (N-methyl/N-ethyl adjacent to an activating group) is 1. The molecule has 7 heteroatoms. The van der Waals surface area contributed by atoms with E-state index in [0.29, 0.717) is 18.7 Å². The van der Waals surface area contributed by atoms with Crippen molar-refractivity contribution in [3.8, 4) is 5.75 Å². The Labute approximate surface area is 147 Å². The molecule has 1 atom stereocenters. The van der Waals surface area contributed by atoms with Gasteiger partial charge in [-0.2, -0.15) is 0 Å². The lowest BCUT2D eigenvalue weighted by molar-refractivity contribution is -0.126. The summed E-state index contributed by atoms with van der Waals surface area (Å²) in [6, 6.07) is 13.6. The maximum atomic E-state index is 12.9. The first-order valence-corrected chi connectivity index (χ1v) is 9.46. The van der Waals surface area contributed by atoms with Gasteiger partial charge >= 0.3 is 0 Å². The molecule has 1 amide bonds. The molecular formula is C18H20N2O4S. The largest absolute Gasteiger partial charge is 0.481 e. The first kappa shape index (κ1) is 17.3. The average molecular weight is 360 g/mol. The number of benzene rings is 2. The SMILES string of the molecule is CNC(=O)[C@H](C)Oc1ccc(S(=O)(=O)N2CCc3ccccc32)cc1. The van der Waals surface area contributed by atoms with Gasteiger partial charge in [0, 0.05) is 13.6 Å². The topological polar surface area (TPSA) is 75.7 Å². The van der Waals surface area contributed by atoms with Crippen molar-refractivity contribution in [2.24, 2.45) is 0 Å². The van der Waals surface area contributed by atoms with Crippen LogP contribution < -0.4 is 14.4 Å². The molecule has 3 rings (SSSR count). The minimum absolute atomic E-state index is 0.198. The maximum absolute atomic E-state index is 12.9. The van der Waals surface area contributed by atoms with Gasteiger partial charge in [0.25, 0.3) is 15.9 Å². The van der Waals surface area contributed by atoms with Crippen LogP contribution in [0.1, 0.15) is 12.5 Å². The second-order valence-corrected chi connectivity index (χ2v) is 7.66. The third kappa shape index (κ3) is 3.32. The number of nitrogens with zero attached hydrogens (tertiary/aromatic N) is 1. The zero-order chi connectivity index (χ0) is 18.0. The molecule has 1 N–H and O–H groups in total. The maximum Gasteiger partial charge on any atom is 0.264 e. The zero-order valence-electron chi connectivity index (χ0n) is 14.1. The number of rotatable bonds is 5. The van der Waals surface area contributed by atoms with Gasteiger partial charge in [-0.15, -0.1) is 0 Å². The summed E-state index contributed by atoms with van der Waals surface area (Å²) in [4.78, 5) is 11.7. The summed E-state index contributed by atoms with van der Waals surface area (Å²) in [5.74, 6) is 0.197. The lowest BCUT2D eigenvalue weighted by Gasteiger charge is -2.20. The van der Waals surface area contributed by atoms with Gasteiger partial charge in [0.05, 0.1) is 10.6 Å². The van der Waals surface area contributed by atoms with E-state index in [2.05, 4.69) is 5.32 Å². The Hall–Kier alpha value is -2.54. The van der Waals surface area contributed by atoms with E-state index in [4.69, 9.17) is 4.74 Å². The monoisotopic (exact) mass is 360 g/mol. The van der Waals surface area contributed by atoms with Gasteiger partial charge in [0.2, 0.25) is 0 Å². The van der Waals surface area contributed by atoms with Crippen molar-refractivity contribution in [2.75, 3.05) is 17.9 Å². The molecule has 0 saturated heterocycles. The highest BCUT2D eigenvalue weighted by Crippen LogP contribution is 2.33. The predicted molar refractivity (Wildman–Crippen MR) is 95.3 cm³/mol. The van der Waals surface area contributed by atoms with Crippen molar-refractivity contribution in [2.45, 2.75) is 24.3 Å². The van der Waals surface area contributed by atoms with E-state index in [1.807, 2.05) is 24.3 Å². The molecule has 0 unspecified atom stereocenters. The normalized spacial score (nSPS) is 14.7. The summed E-state index contributed by atoms with van der Waals surface area (Å²) in [5.41, 5.74) is 1.77. The van der Waals surface area contributed by atoms with Crippen molar-refractivity contribution in [3.05, 3.63) is 54.1 Å². The fraction of sp³-hybridized carbons (Fsp3) is 0.278. The fourth-order valence-electron chi connectivity index (χ4n) is 2.84. The lowest BCUT2D eigenvalue weighted by Crippen LogP contribution is -2.33. The Morgan fingerprint density at radius 2 is 1.84 bits per heavy atom. The first-order chi connectivity index (χ1) is 11.9. The van der Waals surface area contributed by atoms with Gasteiger partial charge in [-0.05, 0) is 49.2 Å². The third-order valence-corrected chi connectivity index (χ3v) is 6.01. The molecule has 1 heterocycles. The molecular weight excluding hydrogens is 340 g/mol. The second kappa shape index (κ2) is 6.76. The third-order valence-electron chi connectivity index (χ3n) is 4.18. The second-order valence-electron chi connectivity index (χ2n) is 5.80. The predicted octanol–water partition coefficient (Wildman–Crippen LogP) is 1.95. The summed E-state index contributed by atoms with van der Waals surface area (Å²) in [7, 11) is -2.09. The number of para-hydroxylation sites is 1. The number of nitrogens with one attached hydrogen (secondary N) is 1. The van der Waals surface area contributed by atoms with Crippen molar-refractivity contribution < 1.29 is 17.9 Å². The van der Waals surface area contributed by atoms with Gasteiger partial charge in [-0.1, -0.05) is 18.2 Å². The van der Waals surface area contributed by atoms with E-state index in [1.54, 1.807) is 19.1 Å². The number of carbonyl (C=O) groups is 1. The van der Waals surface area contributed by atoms with Gasteiger partial charge in [-0.25, -0.2) is 8.42 Å². The number of ether oxygens (including phenoxy) is 1. The molecule has 1 aliphatic heterocycles. The summed E-state index contributed by atoms with van der Waals surface area (Å²) in [6.45, 7) is 2.07. The fourth-order valence-corrected chi connectivity index (χ4v) is 4.34. The highest BCUT2D eigenvalue weighted by molar-refractivity contribution is 7.92. The van der Waals surface area contributed by atoms with Crippen molar-refractivity contribution in [1.29, 1.82) is 0 Å². The van der Waals surface area contributed by atoms with Crippen LogP contribution in [0.25, 0.3) is 0 Å². The summed E-state index contributed by atoms with van der Waals surface area (Å²) in [5, 5.41) is 2.50. The summed E-state index contributed by atoms with van der Waals surface area (Å²) in [6.07, 6.45) is 0.0539. The molecule has 2 aromatic carbocycles. The van der Waals surface area contributed by atoms with Crippen molar-refractivity contribution in [3.63, 3.8) is 0 Å². The number of hydrogen-bond acceptors (Lipinski definition) is 4. The molecule has 0 bridgehead atoms. The molecule has 2 aromatic rings. The number of hydrogen-bond donors (Lipinski definition) is 1. The number of sulfonamides is 1. The average Bonchev–Trinajstić information content (AvgIpc) is 3.06. The molecule has 0 saturated carbocycles. The van der Waals surface area contributed by atoms with Crippen LogP contribution in [0.4, 0.5) is 5.69 Å². The molecule has 1 aliphatic rings. The Morgan fingerprint density at radius 3 is 2.52 bits per heavy atom. The molecule has 0 spiro atoms. The van der Waals surface area contributed by atoms with Crippen LogP contribution in [0.15, 0.2) is 53.4 Å². The number of amides is 1. The minimum atomic E-state index is -3.62. The van der Waals surface area contributed by atoms with E-state index < -0.39 is 16.1 Å². The van der Waals surface area contributed by atoms with E-state index in [-0.39, 0.29) is 10.8 Å². The quantitative estimate of drug-likeness (QED) is 0.884. The van der Waals surface area contributed by atoms with Crippen LogP contribution in [-0.2, 0) is 21.2 Å². The Morgan fingerprint density at radius 1 is 1.16 bits per heavy atom. The molecule has 0 fully saturated rings. The van der Waals surface area contributed by atoms with E-state index in [1.165, 1.54) is 23.5 Å². The van der Waals surface area contributed by atoms with Crippen LogP contribution in [0.2, 0.25) is 0 Å². The molecule has 132 valence electrons. The van der Waals surface area contributed by atoms with Crippen LogP contribution in [0, 0.1) is 0 Å². The number of fused-ring (bicyclic) bond motifs is 1. The molecule has 0 radical (unpaired) electrons. The van der Waals surface area contributed by atoms with Gasteiger partial charge < -0.3 is 10.1 Å². The van der Waals surface area contributed by atoms with E-state index in [9.17, 15) is 13.2 Å². The molecule has 6 nitrogen and oxygen atoms in total. The Balaban J connectivity index is 1.81. The Kier molecular flexibility index (Phi) is 4.67. The first-order valence-electron chi connectivity index (χ1n) is 8.02. The summed E-state index contributed by atoms with van der Waals surface area (Å²) < 4.78 is 32.7. The van der Waals surface area contributed by atoms with E-state index >= 15 is 0 Å². The minimum Gasteiger partial charge on any atom is -0.481 e. The van der Waals surface area contributed by atoms with Crippen molar-refractivity contribution >= 4 is 21.6 Å². The highest BCUT2D eigenvalue weighted by Gasteiger charge is 2.30.